The van der Waals surface area contributed by atoms with E-state index >= 15 is 0 Å². The molecular formula is C37H37F3N2O. The lowest BCUT2D eigenvalue weighted by Crippen LogP contribution is -2.49. The molecule has 3 nitrogen and oxygen atoms in total. The highest BCUT2D eigenvalue weighted by Gasteiger charge is 2.59. The number of hydrogen-bond donors (Lipinski definition) is 0. The summed E-state index contributed by atoms with van der Waals surface area (Å²) < 4.78 is 44.9. The predicted molar refractivity (Wildman–Crippen MR) is 164 cm³/mol. The number of hydrogen-bond acceptors (Lipinski definition) is 2. The molecule has 4 aromatic rings. The molecule has 0 radical (unpaired) electrons. The first-order valence-electron chi connectivity index (χ1n) is 15.8. The van der Waals surface area contributed by atoms with Crippen molar-refractivity contribution < 1.29 is 18.0 Å². The van der Waals surface area contributed by atoms with Gasteiger partial charge in [0.15, 0.2) is 0 Å². The fraction of sp³-hybridized carbons (Fsp3) is 0.459. The van der Waals surface area contributed by atoms with Gasteiger partial charge >= 0.3 is 6.18 Å². The second-order valence-electron chi connectivity index (χ2n) is 14.2. The summed E-state index contributed by atoms with van der Waals surface area (Å²) in [6.07, 6.45) is 7.40. The lowest BCUT2D eigenvalue weighted by molar-refractivity contribution is -0.145. The number of para-hydroxylation sites is 2. The summed E-state index contributed by atoms with van der Waals surface area (Å²) in [5.41, 5.74) is 5.00. The molecule has 0 N–H and O–H groups in total. The lowest BCUT2D eigenvalue weighted by atomic mass is 9.47. The van der Waals surface area contributed by atoms with Gasteiger partial charge in [0.05, 0.1) is 16.6 Å². The van der Waals surface area contributed by atoms with Crippen LogP contribution in [0.2, 0.25) is 0 Å². The molecule has 43 heavy (non-hydrogen) atoms. The summed E-state index contributed by atoms with van der Waals surface area (Å²) in [5.74, 6) is 1.41. The van der Waals surface area contributed by atoms with Crippen LogP contribution in [0, 0.1) is 34.5 Å². The van der Waals surface area contributed by atoms with Crippen LogP contribution in [0.4, 0.5) is 13.2 Å². The van der Waals surface area contributed by atoms with E-state index in [0.29, 0.717) is 40.1 Å². The quantitative estimate of drug-likeness (QED) is 0.236. The van der Waals surface area contributed by atoms with E-state index in [1.807, 2.05) is 24.3 Å². The number of carbonyl (C=O) groups is 1. The van der Waals surface area contributed by atoms with E-state index in [2.05, 4.69) is 31.0 Å². The third-order valence-corrected chi connectivity index (χ3v) is 12.3. The molecular weight excluding hydrogens is 545 g/mol. The number of rotatable bonds is 2. The minimum Gasteiger partial charge on any atom is -0.300 e. The van der Waals surface area contributed by atoms with E-state index in [0.717, 1.165) is 66.9 Å². The van der Waals surface area contributed by atoms with Crippen LogP contribution in [-0.4, -0.2) is 15.2 Å². The average molecular weight is 583 g/mol. The van der Waals surface area contributed by atoms with Gasteiger partial charge in [-0.25, -0.2) is 4.98 Å². The van der Waals surface area contributed by atoms with Gasteiger partial charge in [0, 0.05) is 22.3 Å². The summed E-state index contributed by atoms with van der Waals surface area (Å²) in [6, 6.07) is 14.7. The summed E-state index contributed by atoms with van der Waals surface area (Å²) in [4.78, 5) is 16.7. The predicted octanol–water partition coefficient (Wildman–Crippen LogP) is 9.82. The van der Waals surface area contributed by atoms with Crippen LogP contribution in [0.3, 0.4) is 0 Å². The van der Waals surface area contributed by atoms with Gasteiger partial charge in [0.25, 0.3) is 0 Å². The second-order valence-corrected chi connectivity index (χ2v) is 14.2. The Labute approximate surface area is 249 Å². The van der Waals surface area contributed by atoms with Crippen LogP contribution < -0.4 is 0 Å². The van der Waals surface area contributed by atoms with Crippen molar-refractivity contribution >= 4 is 38.7 Å². The van der Waals surface area contributed by atoms with Gasteiger partial charge in [-0.15, -0.1) is 0 Å². The molecule has 2 heterocycles. The number of Topliss-reactive ketones (excluding diaryl/α,β-unsaturated/α-hetero) is 1. The zero-order chi connectivity index (χ0) is 29.9. The minimum atomic E-state index is -4.60. The summed E-state index contributed by atoms with van der Waals surface area (Å²) >= 11 is 0. The van der Waals surface area contributed by atoms with Crippen LogP contribution in [-0.2, 0) is 11.0 Å². The van der Waals surface area contributed by atoms with Crippen LogP contribution in [0.1, 0.15) is 77.1 Å². The number of benzene rings is 2. The molecule has 2 fully saturated rings. The normalized spacial score (nSPS) is 32.3. The van der Waals surface area contributed by atoms with Crippen LogP contribution >= 0.6 is 0 Å². The lowest BCUT2D eigenvalue weighted by Gasteiger charge is -2.57. The Hall–Kier alpha value is -3.41. The molecule has 0 saturated heterocycles. The molecule has 0 amide bonds. The fourth-order valence-electron chi connectivity index (χ4n) is 10.4. The fourth-order valence-corrected chi connectivity index (χ4v) is 10.4. The van der Waals surface area contributed by atoms with E-state index < -0.39 is 12.0 Å². The molecule has 222 valence electrons. The van der Waals surface area contributed by atoms with Gasteiger partial charge in [-0.1, -0.05) is 62.4 Å². The van der Waals surface area contributed by atoms with Crippen molar-refractivity contribution in [2.45, 2.75) is 71.9 Å². The molecule has 0 unspecified atom stereocenters. The molecule has 2 aromatic heterocycles. The van der Waals surface area contributed by atoms with Crippen LogP contribution in [0.15, 0.2) is 66.3 Å². The van der Waals surface area contributed by atoms with E-state index in [1.165, 1.54) is 9.97 Å². The highest BCUT2D eigenvalue weighted by Crippen LogP contribution is 2.66. The summed E-state index contributed by atoms with van der Waals surface area (Å²) in [7, 11) is 0. The average Bonchev–Trinajstić information content (AvgIpc) is 3.51. The van der Waals surface area contributed by atoms with Gasteiger partial charge < -0.3 is 0 Å². The van der Waals surface area contributed by atoms with E-state index in [1.54, 1.807) is 31.2 Å². The molecule has 6 heteroatoms. The maximum Gasteiger partial charge on any atom is 0.450 e. The smallest absolute Gasteiger partial charge is 0.300 e. The van der Waals surface area contributed by atoms with Gasteiger partial charge in [-0.3, -0.25) is 9.20 Å². The SMILES string of the molecule is CC(=O)[C@H]1CC[C@H]2[C@@H]3CC=C4C=C(c5c6ccccc6n6c(C(F)(F)F)nc7ccccc7c56)CC[C@]4(C)[C@H]3CC[C@]12C. The number of alkyl halides is 3. The summed E-state index contributed by atoms with van der Waals surface area (Å²) in [5, 5.41) is 1.58. The third-order valence-electron chi connectivity index (χ3n) is 12.3. The largest absolute Gasteiger partial charge is 0.450 e. The van der Waals surface area contributed by atoms with E-state index in [4.69, 9.17) is 0 Å². The Morgan fingerprint density at radius 2 is 1.70 bits per heavy atom. The zero-order valence-electron chi connectivity index (χ0n) is 25.0. The van der Waals surface area contributed by atoms with Gasteiger partial charge in [0.2, 0.25) is 5.82 Å². The monoisotopic (exact) mass is 582 g/mol. The van der Waals surface area contributed by atoms with Crippen LogP contribution in [0.5, 0.6) is 0 Å². The molecule has 2 aromatic carbocycles. The highest BCUT2D eigenvalue weighted by molar-refractivity contribution is 6.11. The van der Waals surface area contributed by atoms with Gasteiger partial charge in [-0.2, -0.15) is 13.2 Å². The van der Waals surface area contributed by atoms with Crippen molar-refractivity contribution in [2.24, 2.45) is 34.5 Å². The molecule has 0 bridgehead atoms. The minimum absolute atomic E-state index is 0.0359. The standard InChI is InChI=1S/C37H37F3N2O/c1-21(43)27-14-15-28-24-13-12-23-20-22(16-18-35(23,2)29(24)17-19-36(27,28)3)32-26-9-5-7-11-31(26)42-33(32)25-8-4-6-10-30(25)41-34(42)37(38,39)40/h4-12,20,24,27-29H,13-19H2,1-3H3/t24-,27+,28-,29-,35-,36+/m0/s1. The topological polar surface area (TPSA) is 34.4 Å². The summed E-state index contributed by atoms with van der Waals surface area (Å²) in [6.45, 7) is 6.59. The number of nitrogens with zero attached hydrogens (tertiary/aromatic N) is 2. The number of halogens is 3. The van der Waals surface area contributed by atoms with E-state index in [9.17, 15) is 18.0 Å². The highest BCUT2D eigenvalue weighted by atomic mass is 19.4. The molecule has 6 atom stereocenters. The number of fused-ring (bicyclic) bond motifs is 10. The van der Waals surface area contributed by atoms with Gasteiger partial charge in [0.1, 0.15) is 5.78 Å². The zero-order valence-corrected chi connectivity index (χ0v) is 25.0. The first-order chi connectivity index (χ1) is 20.5. The van der Waals surface area contributed by atoms with Crippen molar-refractivity contribution in [2.75, 3.05) is 0 Å². The van der Waals surface area contributed by atoms with Gasteiger partial charge in [-0.05, 0) is 104 Å². The van der Waals surface area contributed by atoms with Crippen molar-refractivity contribution in [3.63, 3.8) is 0 Å². The maximum atomic E-state index is 14.5. The first-order valence-corrected chi connectivity index (χ1v) is 15.8. The number of allylic oxidation sites excluding steroid dienone is 4. The number of aromatic nitrogens is 2. The Balaban J connectivity index is 1.30. The van der Waals surface area contributed by atoms with Crippen molar-refractivity contribution in [1.82, 2.24) is 9.38 Å². The molecule has 0 spiro atoms. The van der Waals surface area contributed by atoms with Crippen molar-refractivity contribution in [1.29, 1.82) is 0 Å². The molecule has 2 saturated carbocycles. The maximum absolute atomic E-state index is 14.5. The van der Waals surface area contributed by atoms with Crippen molar-refractivity contribution in [3.8, 4) is 0 Å². The van der Waals surface area contributed by atoms with E-state index in [-0.39, 0.29) is 16.7 Å². The molecule has 8 rings (SSSR count). The molecule has 4 aliphatic carbocycles. The Bertz CT molecular complexity index is 1900. The Kier molecular flexibility index (Phi) is 5.72. The second kappa shape index (κ2) is 9.06. The molecule has 0 aliphatic heterocycles. The Morgan fingerprint density at radius 3 is 2.47 bits per heavy atom. The van der Waals surface area contributed by atoms with Crippen LogP contribution in [0.25, 0.3) is 32.9 Å². The molecule has 4 aliphatic rings. The van der Waals surface area contributed by atoms with Crippen molar-refractivity contribution in [3.05, 3.63) is 77.6 Å². The third kappa shape index (κ3) is 3.67. The number of ketones is 1. The first kappa shape index (κ1) is 27.2. The Morgan fingerprint density at radius 1 is 0.953 bits per heavy atom. The number of carbonyl (C=O) groups excluding carboxylic acids is 1.